The molecule has 1 aromatic heterocycles. The highest BCUT2D eigenvalue weighted by molar-refractivity contribution is 6.30. The number of methoxy groups -OCH3 is 1. The van der Waals surface area contributed by atoms with Gasteiger partial charge in [0.15, 0.2) is 0 Å². The Morgan fingerprint density at radius 1 is 1.47 bits per heavy atom. The van der Waals surface area contributed by atoms with Gasteiger partial charge in [0.2, 0.25) is 0 Å². The summed E-state index contributed by atoms with van der Waals surface area (Å²) in [4.78, 5) is 4.27. The van der Waals surface area contributed by atoms with Gasteiger partial charge in [0.05, 0.1) is 31.0 Å². The van der Waals surface area contributed by atoms with E-state index in [1.54, 1.807) is 7.11 Å². The molecule has 1 unspecified atom stereocenters. The van der Waals surface area contributed by atoms with Gasteiger partial charge in [-0.2, -0.15) is 0 Å². The Morgan fingerprint density at radius 2 is 2.37 bits per heavy atom. The molecule has 1 saturated heterocycles. The molecule has 3 rings (SSSR count). The zero-order valence-electron chi connectivity index (χ0n) is 10.8. The van der Waals surface area contributed by atoms with Gasteiger partial charge >= 0.3 is 0 Å². The molecule has 1 fully saturated rings. The fourth-order valence-electron chi connectivity index (χ4n) is 2.55. The van der Waals surface area contributed by atoms with Crippen molar-refractivity contribution in [1.29, 1.82) is 0 Å². The predicted octanol–water partition coefficient (Wildman–Crippen LogP) is 2.96. The van der Waals surface area contributed by atoms with Crippen molar-refractivity contribution in [3.05, 3.63) is 41.4 Å². The van der Waals surface area contributed by atoms with Crippen LogP contribution in [0.2, 0.25) is 5.02 Å². The fourth-order valence-corrected chi connectivity index (χ4v) is 2.72. The van der Waals surface area contributed by atoms with Gasteiger partial charge in [-0.05, 0) is 37.6 Å². The van der Waals surface area contributed by atoms with Crippen LogP contribution in [-0.4, -0.2) is 23.2 Å². The third-order valence-corrected chi connectivity index (χ3v) is 3.72. The highest BCUT2D eigenvalue weighted by atomic mass is 35.5. The van der Waals surface area contributed by atoms with E-state index in [1.165, 1.54) is 6.42 Å². The number of imidazole rings is 1. The summed E-state index contributed by atoms with van der Waals surface area (Å²) in [5.74, 6) is 0.793. The molecule has 0 radical (unpaired) electrons. The Kier molecular flexibility index (Phi) is 3.44. The maximum atomic E-state index is 6.10. The van der Waals surface area contributed by atoms with Crippen LogP contribution < -0.4 is 10.1 Å². The molecule has 5 heteroatoms. The average Bonchev–Trinajstić information content (AvgIpc) is 3.09. The topological polar surface area (TPSA) is 39.1 Å². The average molecular weight is 278 g/mol. The molecule has 100 valence electrons. The van der Waals surface area contributed by atoms with E-state index >= 15 is 0 Å². The lowest BCUT2D eigenvalue weighted by molar-refractivity contribution is 0.412. The number of nitrogens with one attached hydrogen (secondary N) is 1. The Hall–Kier alpha value is -1.52. The first kappa shape index (κ1) is 12.5. The first-order chi connectivity index (χ1) is 9.29. The standard InChI is InChI=1S/C14H16ClN3O/c1-19-14-5-4-10(15)7-12(14)18-9-16-8-13(18)11-3-2-6-17-11/h4-5,7-9,11,17H,2-3,6H2,1H3. The molecule has 0 amide bonds. The molecule has 1 aromatic carbocycles. The fraction of sp³-hybridized carbons (Fsp3) is 0.357. The summed E-state index contributed by atoms with van der Waals surface area (Å²) in [7, 11) is 1.66. The van der Waals surface area contributed by atoms with Crippen LogP contribution in [0.4, 0.5) is 0 Å². The summed E-state index contributed by atoms with van der Waals surface area (Å²) in [6.45, 7) is 1.06. The number of hydrogen-bond acceptors (Lipinski definition) is 3. The third-order valence-electron chi connectivity index (χ3n) is 3.48. The molecule has 0 bridgehead atoms. The quantitative estimate of drug-likeness (QED) is 0.937. The lowest BCUT2D eigenvalue weighted by Gasteiger charge is -2.16. The van der Waals surface area contributed by atoms with Gasteiger partial charge in [-0.15, -0.1) is 0 Å². The smallest absolute Gasteiger partial charge is 0.142 e. The van der Waals surface area contributed by atoms with Crippen molar-refractivity contribution < 1.29 is 4.74 Å². The number of benzene rings is 1. The lowest BCUT2D eigenvalue weighted by Crippen LogP contribution is -2.16. The van der Waals surface area contributed by atoms with Gasteiger partial charge in [0.25, 0.3) is 0 Å². The second-order valence-corrected chi connectivity index (χ2v) is 5.09. The van der Waals surface area contributed by atoms with Gasteiger partial charge in [-0.1, -0.05) is 11.6 Å². The van der Waals surface area contributed by atoms with E-state index in [9.17, 15) is 0 Å². The van der Waals surface area contributed by atoms with Crippen LogP contribution in [0.15, 0.2) is 30.7 Å². The van der Waals surface area contributed by atoms with Crippen LogP contribution in [0, 0.1) is 0 Å². The first-order valence-electron chi connectivity index (χ1n) is 6.39. The lowest BCUT2D eigenvalue weighted by atomic mass is 10.1. The molecule has 1 aliphatic rings. The van der Waals surface area contributed by atoms with E-state index in [0.717, 1.165) is 30.1 Å². The first-order valence-corrected chi connectivity index (χ1v) is 6.77. The minimum atomic E-state index is 0.353. The van der Waals surface area contributed by atoms with Crippen molar-refractivity contribution in [1.82, 2.24) is 14.9 Å². The molecule has 4 nitrogen and oxygen atoms in total. The van der Waals surface area contributed by atoms with Crippen LogP contribution in [0.5, 0.6) is 5.75 Å². The summed E-state index contributed by atoms with van der Waals surface area (Å²) in [5.41, 5.74) is 2.08. The van der Waals surface area contributed by atoms with Gasteiger partial charge in [-0.25, -0.2) is 4.98 Å². The predicted molar refractivity (Wildman–Crippen MR) is 75.1 cm³/mol. The Balaban J connectivity index is 2.07. The third kappa shape index (κ3) is 2.33. The van der Waals surface area contributed by atoms with E-state index in [1.807, 2.05) is 35.3 Å². The SMILES string of the molecule is COc1ccc(Cl)cc1-n1cncc1C1CCCN1. The Bertz CT molecular complexity index is 576. The summed E-state index contributed by atoms with van der Waals surface area (Å²) in [5, 5.41) is 4.18. The van der Waals surface area contributed by atoms with Gasteiger partial charge in [0.1, 0.15) is 5.75 Å². The zero-order valence-corrected chi connectivity index (χ0v) is 11.5. The highest BCUT2D eigenvalue weighted by Gasteiger charge is 2.21. The second-order valence-electron chi connectivity index (χ2n) is 4.65. The van der Waals surface area contributed by atoms with Crippen LogP contribution in [0.3, 0.4) is 0 Å². The normalized spacial score (nSPS) is 18.7. The zero-order chi connectivity index (χ0) is 13.2. The molecule has 19 heavy (non-hydrogen) atoms. The van der Waals surface area contributed by atoms with Gasteiger partial charge in [0, 0.05) is 11.1 Å². The van der Waals surface area contributed by atoms with Crippen molar-refractivity contribution in [3.63, 3.8) is 0 Å². The highest BCUT2D eigenvalue weighted by Crippen LogP contribution is 2.31. The number of ether oxygens (including phenoxy) is 1. The van der Waals surface area contributed by atoms with Crippen LogP contribution >= 0.6 is 11.6 Å². The minimum absolute atomic E-state index is 0.353. The van der Waals surface area contributed by atoms with Crippen molar-refractivity contribution in [2.75, 3.05) is 13.7 Å². The van der Waals surface area contributed by atoms with E-state index < -0.39 is 0 Å². The number of aromatic nitrogens is 2. The van der Waals surface area contributed by atoms with Crippen molar-refractivity contribution in [2.24, 2.45) is 0 Å². The number of hydrogen-bond donors (Lipinski definition) is 1. The minimum Gasteiger partial charge on any atom is -0.495 e. The summed E-state index contributed by atoms with van der Waals surface area (Å²) < 4.78 is 7.46. The van der Waals surface area contributed by atoms with Crippen LogP contribution in [0.25, 0.3) is 5.69 Å². The second kappa shape index (κ2) is 5.23. The van der Waals surface area contributed by atoms with Gasteiger partial charge < -0.3 is 10.1 Å². The van der Waals surface area contributed by atoms with E-state index in [0.29, 0.717) is 11.1 Å². The monoisotopic (exact) mass is 277 g/mol. The van der Waals surface area contributed by atoms with Crippen molar-refractivity contribution >= 4 is 11.6 Å². The van der Waals surface area contributed by atoms with E-state index in [2.05, 4.69) is 10.3 Å². The van der Waals surface area contributed by atoms with Crippen LogP contribution in [-0.2, 0) is 0 Å². The molecular weight excluding hydrogens is 262 g/mol. The van der Waals surface area contributed by atoms with Crippen molar-refractivity contribution in [2.45, 2.75) is 18.9 Å². The molecule has 0 saturated carbocycles. The van der Waals surface area contributed by atoms with E-state index in [-0.39, 0.29) is 0 Å². The summed E-state index contributed by atoms with van der Waals surface area (Å²) >= 11 is 6.10. The number of nitrogens with zero attached hydrogens (tertiary/aromatic N) is 2. The van der Waals surface area contributed by atoms with Crippen LogP contribution in [0.1, 0.15) is 24.6 Å². The van der Waals surface area contributed by atoms with E-state index in [4.69, 9.17) is 16.3 Å². The largest absolute Gasteiger partial charge is 0.495 e. The van der Waals surface area contributed by atoms with Gasteiger partial charge in [-0.3, -0.25) is 4.57 Å². The molecule has 1 atom stereocenters. The Morgan fingerprint density at radius 3 is 3.11 bits per heavy atom. The molecule has 2 heterocycles. The number of rotatable bonds is 3. The maximum Gasteiger partial charge on any atom is 0.142 e. The Labute approximate surface area is 117 Å². The summed E-state index contributed by atoms with van der Waals surface area (Å²) in [6.07, 6.45) is 6.05. The summed E-state index contributed by atoms with van der Waals surface area (Å²) in [6, 6.07) is 5.96. The molecule has 1 N–H and O–H groups in total. The molecule has 0 spiro atoms. The molecule has 1 aliphatic heterocycles. The molecule has 2 aromatic rings. The van der Waals surface area contributed by atoms with Crippen molar-refractivity contribution in [3.8, 4) is 11.4 Å². The molecule has 0 aliphatic carbocycles. The number of halogens is 1. The maximum absolute atomic E-state index is 6.10. The molecular formula is C14H16ClN3O.